The molecule has 2 N–H and O–H groups in total. The summed E-state index contributed by atoms with van der Waals surface area (Å²) in [6.07, 6.45) is 4.70. The molecule has 0 atom stereocenters. The van der Waals surface area contributed by atoms with E-state index in [0.717, 1.165) is 24.9 Å². The maximum Gasteiger partial charge on any atom is 0.279 e. The first-order chi connectivity index (χ1) is 9.77. The van der Waals surface area contributed by atoms with Gasteiger partial charge in [-0.3, -0.25) is 4.79 Å². The van der Waals surface area contributed by atoms with Gasteiger partial charge in [0.05, 0.1) is 5.69 Å². The fourth-order valence-electron chi connectivity index (χ4n) is 2.63. The third-order valence-electron chi connectivity index (χ3n) is 3.65. The molecule has 0 fully saturated rings. The summed E-state index contributed by atoms with van der Waals surface area (Å²) in [6.45, 7) is 0.714. The molecule has 1 amide bonds. The lowest BCUT2D eigenvalue weighted by molar-refractivity contribution is 0.0983. The number of nitrogens with two attached hydrogens (primary N) is 1. The second kappa shape index (κ2) is 5.33. The Morgan fingerprint density at radius 3 is 2.85 bits per heavy atom. The SMILES string of the molecule is Nc1cccnc1C(=O)N1CCCCc2ccccc21. The third-order valence-corrected chi connectivity index (χ3v) is 3.65. The summed E-state index contributed by atoms with van der Waals surface area (Å²) in [5, 5.41) is 0. The van der Waals surface area contributed by atoms with Crippen LogP contribution in [-0.2, 0) is 6.42 Å². The number of carbonyl (C=O) groups excluding carboxylic acids is 1. The molecule has 0 unspecified atom stereocenters. The smallest absolute Gasteiger partial charge is 0.279 e. The first kappa shape index (κ1) is 12.7. The van der Waals surface area contributed by atoms with Crippen molar-refractivity contribution in [2.45, 2.75) is 19.3 Å². The van der Waals surface area contributed by atoms with Crippen LogP contribution in [0.5, 0.6) is 0 Å². The van der Waals surface area contributed by atoms with E-state index in [1.54, 1.807) is 23.2 Å². The molecule has 3 rings (SSSR count). The molecule has 4 heteroatoms. The zero-order valence-electron chi connectivity index (χ0n) is 11.2. The van der Waals surface area contributed by atoms with Crippen LogP contribution in [-0.4, -0.2) is 17.4 Å². The zero-order valence-corrected chi connectivity index (χ0v) is 11.2. The van der Waals surface area contributed by atoms with Gasteiger partial charge in [-0.05, 0) is 43.0 Å². The molecule has 2 heterocycles. The predicted molar refractivity (Wildman–Crippen MR) is 79.7 cm³/mol. The number of anilines is 2. The molecule has 0 saturated heterocycles. The molecule has 0 aliphatic carbocycles. The average Bonchev–Trinajstić information content (AvgIpc) is 2.69. The minimum Gasteiger partial charge on any atom is -0.397 e. The van der Waals surface area contributed by atoms with E-state index in [1.165, 1.54) is 5.56 Å². The molecule has 2 aromatic rings. The van der Waals surface area contributed by atoms with Gasteiger partial charge in [0.2, 0.25) is 0 Å². The number of pyridine rings is 1. The van der Waals surface area contributed by atoms with E-state index in [2.05, 4.69) is 11.1 Å². The van der Waals surface area contributed by atoms with Crippen molar-refractivity contribution in [3.05, 3.63) is 53.9 Å². The molecule has 0 saturated carbocycles. The number of benzene rings is 1. The quantitative estimate of drug-likeness (QED) is 0.864. The first-order valence-corrected chi connectivity index (χ1v) is 6.87. The Labute approximate surface area is 118 Å². The normalized spacial score (nSPS) is 14.5. The summed E-state index contributed by atoms with van der Waals surface area (Å²) in [5.74, 6) is -0.113. The molecule has 4 nitrogen and oxygen atoms in total. The lowest BCUT2D eigenvalue weighted by atomic mass is 10.1. The highest BCUT2D eigenvalue weighted by molar-refractivity contribution is 6.08. The molecule has 102 valence electrons. The number of hydrogen-bond acceptors (Lipinski definition) is 3. The number of amides is 1. The van der Waals surface area contributed by atoms with E-state index in [-0.39, 0.29) is 5.91 Å². The van der Waals surface area contributed by atoms with Gasteiger partial charge in [-0.1, -0.05) is 18.2 Å². The minimum absolute atomic E-state index is 0.113. The fourth-order valence-corrected chi connectivity index (χ4v) is 2.63. The van der Waals surface area contributed by atoms with E-state index in [0.29, 0.717) is 17.9 Å². The van der Waals surface area contributed by atoms with E-state index >= 15 is 0 Å². The molecular weight excluding hydrogens is 250 g/mol. The number of para-hydroxylation sites is 1. The summed E-state index contributed by atoms with van der Waals surface area (Å²) >= 11 is 0. The molecule has 1 aliphatic rings. The van der Waals surface area contributed by atoms with Crippen LogP contribution >= 0.6 is 0 Å². The maximum atomic E-state index is 12.7. The number of aryl methyl sites for hydroxylation is 1. The summed E-state index contributed by atoms with van der Waals surface area (Å²) in [4.78, 5) is 18.7. The molecule has 1 aromatic carbocycles. The number of hydrogen-bond donors (Lipinski definition) is 1. The highest BCUT2D eigenvalue weighted by Gasteiger charge is 2.24. The Hall–Kier alpha value is -2.36. The van der Waals surface area contributed by atoms with Crippen molar-refractivity contribution in [1.29, 1.82) is 0 Å². The van der Waals surface area contributed by atoms with E-state index < -0.39 is 0 Å². The molecule has 1 aliphatic heterocycles. The molecule has 0 spiro atoms. The Bertz CT molecular complexity index is 639. The van der Waals surface area contributed by atoms with Gasteiger partial charge in [0.1, 0.15) is 0 Å². The monoisotopic (exact) mass is 267 g/mol. The molecule has 0 bridgehead atoms. The van der Waals surface area contributed by atoms with Gasteiger partial charge in [0.25, 0.3) is 5.91 Å². The molecule has 0 radical (unpaired) electrons. The average molecular weight is 267 g/mol. The van der Waals surface area contributed by atoms with Gasteiger partial charge in [-0.2, -0.15) is 0 Å². The van der Waals surface area contributed by atoms with Crippen LogP contribution in [0.2, 0.25) is 0 Å². The maximum absolute atomic E-state index is 12.7. The molecular formula is C16H17N3O. The second-order valence-electron chi connectivity index (χ2n) is 4.98. The Balaban J connectivity index is 2.02. The summed E-state index contributed by atoms with van der Waals surface area (Å²) in [6, 6.07) is 11.5. The van der Waals surface area contributed by atoms with Crippen molar-refractivity contribution < 1.29 is 4.79 Å². The van der Waals surface area contributed by atoms with Gasteiger partial charge in [0, 0.05) is 18.4 Å². The number of nitrogens with zero attached hydrogens (tertiary/aromatic N) is 2. The van der Waals surface area contributed by atoms with Crippen LogP contribution in [0.15, 0.2) is 42.6 Å². The van der Waals surface area contributed by atoms with Crippen LogP contribution in [0.1, 0.15) is 28.9 Å². The van der Waals surface area contributed by atoms with Crippen LogP contribution in [0.4, 0.5) is 11.4 Å². The van der Waals surface area contributed by atoms with E-state index in [1.807, 2.05) is 18.2 Å². The first-order valence-electron chi connectivity index (χ1n) is 6.87. The summed E-state index contributed by atoms with van der Waals surface area (Å²) in [7, 11) is 0. The fraction of sp³-hybridized carbons (Fsp3) is 0.250. The number of rotatable bonds is 1. The van der Waals surface area contributed by atoms with E-state index in [9.17, 15) is 4.79 Å². The van der Waals surface area contributed by atoms with E-state index in [4.69, 9.17) is 5.73 Å². The van der Waals surface area contributed by atoms with Gasteiger partial charge in [-0.25, -0.2) is 4.98 Å². The topological polar surface area (TPSA) is 59.2 Å². The number of aromatic nitrogens is 1. The number of nitrogen functional groups attached to an aromatic ring is 1. The largest absolute Gasteiger partial charge is 0.397 e. The number of fused-ring (bicyclic) bond motifs is 1. The Kier molecular flexibility index (Phi) is 3.37. The molecule has 1 aromatic heterocycles. The van der Waals surface area contributed by atoms with Crippen molar-refractivity contribution in [3.8, 4) is 0 Å². The van der Waals surface area contributed by atoms with Crippen LogP contribution in [0, 0.1) is 0 Å². The van der Waals surface area contributed by atoms with Gasteiger partial charge in [-0.15, -0.1) is 0 Å². The second-order valence-corrected chi connectivity index (χ2v) is 4.98. The van der Waals surface area contributed by atoms with Crippen molar-refractivity contribution in [1.82, 2.24) is 4.98 Å². The van der Waals surface area contributed by atoms with Crippen molar-refractivity contribution >= 4 is 17.3 Å². The van der Waals surface area contributed by atoms with Gasteiger partial charge < -0.3 is 10.6 Å². The zero-order chi connectivity index (χ0) is 13.9. The highest BCUT2D eigenvalue weighted by Crippen LogP contribution is 2.27. The van der Waals surface area contributed by atoms with Crippen molar-refractivity contribution in [3.63, 3.8) is 0 Å². The molecule has 20 heavy (non-hydrogen) atoms. The van der Waals surface area contributed by atoms with Gasteiger partial charge in [0.15, 0.2) is 5.69 Å². The van der Waals surface area contributed by atoms with Crippen molar-refractivity contribution in [2.24, 2.45) is 0 Å². The number of carbonyl (C=O) groups is 1. The summed E-state index contributed by atoms with van der Waals surface area (Å²) < 4.78 is 0. The van der Waals surface area contributed by atoms with Crippen molar-refractivity contribution in [2.75, 3.05) is 17.2 Å². The van der Waals surface area contributed by atoms with Crippen LogP contribution in [0.25, 0.3) is 0 Å². The minimum atomic E-state index is -0.113. The Morgan fingerprint density at radius 2 is 2.00 bits per heavy atom. The summed E-state index contributed by atoms with van der Waals surface area (Å²) in [5.41, 5.74) is 8.85. The van der Waals surface area contributed by atoms with Crippen LogP contribution < -0.4 is 10.6 Å². The third kappa shape index (κ3) is 2.25. The lowest BCUT2D eigenvalue weighted by Gasteiger charge is -2.23. The van der Waals surface area contributed by atoms with Crippen LogP contribution in [0.3, 0.4) is 0 Å². The Morgan fingerprint density at radius 1 is 1.15 bits per heavy atom. The predicted octanol–water partition coefficient (Wildman–Crippen LogP) is 2.65. The van der Waals surface area contributed by atoms with Gasteiger partial charge >= 0.3 is 0 Å². The lowest BCUT2D eigenvalue weighted by Crippen LogP contribution is -2.33. The standard InChI is InChI=1S/C16H17N3O/c17-13-8-5-10-18-15(13)16(20)19-11-4-3-7-12-6-1-2-9-14(12)19/h1-2,5-6,8-10H,3-4,7,11,17H2. The highest BCUT2D eigenvalue weighted by atomic mass is 16.2.